The maximum Gasteiger partial charge on any atom is 0.254 e. The van der Waals surface area contributed by atoms with Gasteiger partial charge in [0, 0.05) is 42.5 Å². The Kier molecular flexibility index (Phi) is 7.23. The van der Waals surface area contributed by atoms with Gasteiger partial charge >= 0.3 is 0 Å². The number of carbonyl (C=O) groups excluding carboxylic acids is 2. The van der Waals surface area contributed by atoms with Crippen molar-refractivity contribution >= 4 is 34.3 Å². The number of benzene rings is 3. The highest BCUT2D eigenvalue weighted by Gasteiger charge is 2.31. The zero-order chi connectivity index (χ0) is 23.4. The lowest BCUT2D eigenvalue weighted by Gasteiger charge is -2.34. The molecule has 0 aromatic heterocycles. The fraction of sp³-hybridized carbons (Fsp3) is 0.333. The van der Waals surface area contributed by atoms with Crippen molar-refractivity contribution in [2.24, 2.45) is 5.92 Å². The number of methoxy groups -OCH3 is 1. The third kappa shape index (κ3) is 5.01. The number of piperidine rings is 1. The van der Waals surface area contributed by atoms with Gasteiger partial charge in [0.1, 0.15) is 5.75 Å². The van der Waals surface area contributed by atoms with E-state index in [4.69, 9.17) is 4.74 Å². The standard InChI is InChI=1S/C27H30N2O3S/c1-28(17-19-10-12-21(33-3)13-11-19)26(30)20-7-6-16-29(18-20)27(31)24-14-15-25(32-2)23-9-5-4-8-22(23)24/h4-5,8-15,20H,6-7,16-18H2,1-3H3/t20-/m1/s1. The molecule has 0 saturated carbocycles. The zero-order valence-corrected chi connectivity index (χ0v) is 20.2. The Morgan fingerprint density at radius 3 is 2.48 bits per heavy atom. The molecular formula is C27H30N2O3S. The van der Waals surface area contributed by atoms with Gasteiger partial charge < -0.3 is 14.5 Å². The lowest BCUT2D eigenvalue weighted by molar-refractivity contribution is -0.136. The van der Waals surface area contributed by atoms with Crippen molar-refractivity contribution in [1.82, 2.24) is 9.80 Å². The third-order valence-corrected chi connectivity index (χ3v) is 7.09. The molecule has 0 radical (unpaired) electrons. The van der Waals surface area contributed by atoms with E-state index >= 15 is 0 Å². The van der Waals surface area contributed by atoms with Gasteiger partial charge in [0.2, 0.25) is 5.91 Å². The van der Waals surface area contributed by atoms with Crippen LogP contribution in [0.2, 0.25) is 0 Å². The average molecular weight is 463 g/mol. The molecule has 0 unspecified atom stereocenters. The second-order valence-electron chi connectivity index (χ2n) is 8.49. The Hall–Kier alpha value is -2.99. The number of hydrogen-bond donors (Lipinski definition) is 0. The molecule has 0 aliphatic carbocycles. The van der Waals surface area contributed by atoms with Gasteiger partial charge in [-0.05, 0) is 54.3 Å². The van der Waals surface area contributed by atoms with Crippen LogP contribution in [-0.4, -0.2) is 55.1 Å². The van der Waals surface area contributed by atoms with Crippen LogP contribution >= 0.6 is 11.8 Å². The molecular weight excluding hydrogens is 432 g/mol. The van der Waals surface area contributed by atoms with Crippen LogP contribution in [0.5, 0.6) is 5.75 Å². The van der Waals surface area contributed by atoms with Gasteiger partial charge in [-0.2, -0.15) is 0 Å². The lowest BCUT2D eigenvalue weighted by Crippen LogP contribution is -2.45. The van der Waals surface area contributed by atoms with E-state index in [9.17, 15) is 9.59 Å². The molecule has 1 aliphatic rings. The number of ether oxygens (including phenoxy) is 1. The summed E-state index contributed by atoms with van der Waals surface area (Å²) in [5.41, 5.74) is 1.76. The molecule has 1 atom stereocenters. The van der Waals surface area contributed by atoms with Crippen LogP contribution in [0.25, 0.3) is 10.8 Å². The molecule has 33 heavy (non-hydrogen) atoms. The SMILES string of the molecule is COc1ccc(C(=O)N2CCC[C@@H](C(=O)N(C)Cc3ccc(SC)cc3)C2)c2ccccc12. The Labute approximate surface area is 199 Å². The smallest absolute Gasteiger partial charge is 0.254 e. The van der Waals surface area contributed by atoms with Gasteiger partial charge in [0.05, 0.1) is 13.0 Å². The first-order valence-electron chi connectivity index (χ1n) is 11.2. The van der Waals surface area contributed by atoms with Gasteiger partial charge in [0.25, 0.3) is 5.91 Å². The molecule has 3 aromatic rings. The maximum absolute atomic E-state index is 13.5. The Bertz CT molecular complexity index is 1150. The van der Waals surface area contributed by atoms with Crippen molar-refractivity contribution in [3.63, 3.8) is 0 Å². The van der Waals surface area contributed by atoms with Crippen molar-refractivity contribution in [3.05, 3.63) is 71.8 Å². The highest BCUT2D eigenvalue weighted by Crippen LogP contribution is 2.30. The largest absolute Gasteiger partial charge is 0.496 e. The molecule has 2 amide bonds. The number of fused-ring (bicyclic) bond motifs is 1. The normalized spacial score (nSPS) is 16.0. The molecule has 172 valence electrons. The summed E-state index contributed by atoms with van der Waals surface area (Å²) in [6, 6.07) is 19.8. The van der Waals surface area contributed by atoms with E-state index in [0.29, 0.717) is 25.2 Å². The molecule has 4 rings (SSSR count). The van der Waals surface area contributed by atoms with Crippen LogP contribution in [0.4, 0.5) is 0 Å². The predicted molar refractivity (Wildman–Crippen MR) is 134 cm³/mol. The number of nitrogens with zero attached hydrogens (tertiary/aromatic N) is 2. The summed E-state index contributed by atoms with van der Waals surface area (Å²) in [5.74, 6) is 0.645. The summed E-state index contributed by atoms with van der Waals surface area (Å²) in [6.07, 6.45) is 3.68. The molecule has 3 aromatic carbocycles. The van der Waals surface area contributed by atoms with E-state index in [0.717, 1.165) is 34.9 Å². The second kappa shape index (κ2) is 10.3. The first-order chi connectivity index (χ1) is 16.0. The van der Waals surface area contributed by atoms with Gasteiger partial charge in [-0.1, -0.05) is 36.4 Å². The number of rotatable bonds is 6. The Morgan fingerprint density at radius 2 is 1.79 bits per heavy atom. The summed E-state index contributed by atoms with van der Waals surface area (Å²) in [4.78, 5) is 31.5. The monoisotopic (exact) mass is 462 g/mol. The number of hydrogen-bond acceptors (Lipinski definition) is 4. The number of carbonyl (C=O) groups is 2. The van der Waals surface area contributed by atoms with Crippen molar-refractivity contribution in [2.75, 3.05) is 33.5 Å². The fourth-order valence-corrected chi connectivity index (χ4v) is 4.97. The quantitative estimate of drug-likeness (QED) is 0.479. The molecule has 0 bridgehead atoms. The molecule has 1 fully saturated rings. The predicted octanol–water partition coefficient (Wildman–Crippen LogP) is 5.08. The van der Waals surface area contributed by atoms with Crippen LogP contribution in [0, 0.1) is 5.92 Å². The molecule has 1 saturated heterocycles. The number of amides is 2. The van der Waals surface area contributed by atoms with E-state index in [1.807, 2.05) is 48.3 Å². The first-order valence-corrected chi connectivity index (χ1v) is 12.5. The van der Waals surface area contributed by atoms with Crippen molar-refractivity contribution in [1.29, 1.82) is 0 Å². The lowest BCUT2D eigenvalue weighted by atomic mass is 9.95. The molecule has 1 heterocycles. The van der Waals surface area contributed by atoms with E-state index in [1.54, 1.807) is 23.8 Å². The Balaban J connectivity index is 1.47. The summed E-state index contributed by atoms with van der Waals surface area (Å²) < 4.78 is 5.47. The van der Waals surface area contributed by atoms with Gasteiger partial charge in [-0.15, -0.1) is 11.8 Å². The topological polar surface area (TPSA) is 49.9 Å². The summed E-state index contributed by atoms with van der Waals surface area (Å²) in [7, 11) is 3.49. The highest BCUT2D eigenvalue weighted by molar-refractivity contribution is 7.98. The van der Waals surface area contributed by atoms with Gasteiger partial charge in [-0.3, -0.25) is 9.59 Å². The number of thioether (sulfide) groups is 1. The molecule has 0 spiro atoms. The van der Waals surface area contributed by atoms with Crippen LogP contribution in [0.15, 0.2) is 65.6 Å². The zero-order valence-electron chi connectivity index (χ0n) is 19.4. The summed E-state index contributed by atoms with van der Waals surface area (Å²) in [5, 5.41) is 1.80. The highest BCUT2D eigenvalue weighted by atomic mass is 32.2. The molecule has 0 N–H and O–H groups in total. The average Bonchev–Trinajstić information content (AvgIpc) is 2.87. The molecule has 6 heteroatoms. The van der Waals surface area contributed by atoms with Crippen molar-refractivity contribution in [3.8, 4) is 5.75 Å². The molecule has 5 nitrogen and oxygen atoms in total. The van der Waals surface area contributed by atoms with Crippen LogP contribution in [-0.2, 0) is 11.3 Å². The van der Waals surface area contributed by atoms with E-state index in [-0.39, 0.29) is 17.7 Å². The van der Waals surface area contributed by atoms with E-state index in [1.165, 1.54) is 4.90 Å². The van der Waals surface area contributed by atoms with Crippen LogP contribution < -0.4 is 4.74 Å². The minimum absolute atomic E-state index is 0.0262. The third-order valence-electron chi connectivity index (χ3n) is 6.35. The minimum Gasteiger partial charge on any atom is -0.496 e. The second-order valence-corrected chi connectivity index (χ2v) is 9.37. The van der Waals surface area contributed by atoms with Crippen molar-refractivity contribution < 1.29 is 14.3 Å². The van der Waals surface area contributed by atoms with E-state index in [2.05, 4.69) is 30.5 Å². The molecule has 1 aliphatic heterocycles. The van der Waals surface area contributed by atoms with Crippen molar-refractivity contribution in [2.45, 2.75) is 24.3 Å². The Morgan fingerprint density at radius 1 is 1.06 bits per heavy atom. The fourth-order valence-electron chi connectivity index (χ4n) is 4.56. The summed E-state index contributed by atoms with van der Waals surface area (Å²) >= 11 is 1.70. The first kappa shape index (κ1) is 23.2. The maximum atomic E-state index is 13.5. The van der Waals surface area contributed by atoms with Gasteiger partial charge in [-0.25, -0.2) is 0 Å². The number of likely N-dealkylation sites (tertiary alicyclic amines) is 1. The summed E-state index contributed by atoms with van der Waals surface area (Å²) in [6.45, 7) is 1.69. The van der Waals surface area contributed by atoms with Crippen LogP contribution in [0.3, 0.4) is 0 Å². The van der Waals surface area contributed by atoms with Gasteiger partial charge in [0.15, 0.2) is 0 Å². The van der Waals surface area contributed by atoms with Crippen LogP contribution in [0.1, 0.15) is 28.8 Å². The van der Waals surface area contributed by atoms with E-state index < -0.39 is 0 Å². The minimum atomic E-state index is -0.178.